The molecule has 0 spiro atoms. The van der Waals surface area contributed by atoms with Gasteiger partial charge in [-0.3, -0.25) is 0 Å². The van der Waals surface area contributed by atoms with E-state index < -0.39 is 0 Å². The SMILES string of the molecule is CCc1nc(N(CC)CC2CC2)sc1CNC1CC1. The Balaban J connectivity index is 1.68. The molecule has 2 saturated carbocycles. The zero-order chi connectivity index (χ0) is 13.2. The number of nitrogens with zero attached hydrogens (tertiary/aromatic N) is 2. The second kappa shape index (κ2) is 5.80. The van der Waals surface area contributed by atoms with Gasteiger partial charge in [-0.25, -0.2) is 4.98 Å². The van der Waals surface area contributed by atoms with Crippen LogP contribution in [0, 0.1) is 5.92 Å². The van der Waals surface area contributed by atoms with E-state index in [0.29, 0.717) is 0 Å². The van der Waals surface area contributed by atoms with Crippen molar-refractivity contribution in [1.82, 2.24) is 10.3 Å². The summed E-state index contributed by atoms with van der Waals surface area (Å²) in [4.78, 5) is 8.81. The summed E-state index contributed by atoms with van der Waals surface area (Å²) >= 11 is 1.91. The molecule has 3 nitrogen and oxygen atoms in total. The van der Waals surface area contributed by atoms with Gasteiger partial charge in [-0.1, -0.05) is 6.92 Å². The van der Waals surface area contributed by atoms with Crippen LogP contribution in [0.2, 0.25) is 0 Å². The largest absolute Gasteiger partial charge is 0.348 e. The predicted molar refractivity (Wildman–Crippen MR) is 82.0 cm³/mol. The summed E-state index contributed by atoms with van der Waals surface area (Å²) < 4.78 is 0. The first kappa shape index (κ1) is 13.4. The molecule has 2 aliphatic rings. The molecule has 0 aromatic carbocycles. The lowest BCUT2D eigenvalue weighted by atomic mass is 10.3. The highest BCUT2D eigenvalue weighted by Crippen LogP contribution is 2.34. The Bertz CT molecular complexity index is 421. The van der Waals surface area contributed by atoms with Gasteiger partial charge in [0.25, 0.3) is 0 Å². The van der Waals surface area contributed by atoms with E-state index in [9.17, 15) is 0 Å². The van der Waals surface area contributed by atoms with Gasteiger partial charge in [0, 0.05) is 30.6 Å². The molecular weight excluding hydrogens is 254 g/mol. The molecule has 19 heavy (non-hydrogen) atoms. The van der Waals surface area contributed by atoms with E-state index in [2.05, 4.69) is 24.1 Å². The molecule has 1 heterocycles. The summed E-state index contributed by atoms with van der Waals surface area (Å²) in [5, 5.41) is 4.87. The lowest BCUT2D eigenvalue weighted by molar-refractivity contribution is 0.689. The Morgan fingerprint density at radius 3 is 2.63 bits per heavy atom. The summed E-state index contributed by atoms with van der Waals surface area (Å²) in [5.74, 6) is 0.932. The number of nitrogens with one attached hydrogen (secondary N) is 1. The molecule has 1 aromatic heterocycles. The van der Waals surface area contributed by atoms with Crippen molar-refractivity contribution < 1.29 is 0 Å². The van der Waals surface area contributed by atoms with Crippen LogP contribution in [0.3, 0.4) is 0 Å². The summed E-state index contributed by atoms with van der Waals surface area (Å²) in [7, 11) is 0. The van der Waals surface area contributed by atoms with Gasteiger partial charge in [0.05, 0.1) is 5.69 Å². The van der Waals surface area contributed by atoms with Gasteiger partial charge >= 0.3 is 0 Å². The van der Waals surface area contributed by atoms with Gasteiger partial charge < -0.3 is 10.2 Å². The van der Waals surface area contributed by atoms with Crippen molar-refractivity contribution in [2.45, 2.75) is 58.5 Å². The zero-order valence-corrected chi connectivity index (χ0v) is 12.9. The number of aromatic nitrogens is 1. The first-order chi connectivity index (χ1) is 9.30. The lowest BCUT2D eigenvalue weighted by Crippen LogP contribution is -2.24. The van der Waals surface area contributed by atoms with Crippen molar-refractivity contribution >= 4 is 16.5 Å². The molecule has 2 fully saturated rings. The van der Waals surface area contributed by atoms with Gasteiger partial charge in [0.15, 0.2) is 5.13 Å². The van der Waals surface area contributed by atoms with Crippen molar-refractivity contribution in [3.63, 3.8) is 0 Å². The molecule has 0 saturated heterocycles. The van der Waals surface area contributed by atoms with Crippen LogP contribution in [0.1, 0.15) is 50.1 Å². The van der Waals surface area contributed by atoms with Crippen molar-refractivity contribution in [3.8, 4) is 0 Å². The third-order valence-corrected chi connectivity index (χ3v) is 5.22. The van der Waals surface area contributed by atoms with E-state index in [1.807, 2.05) is 11.3 Å². The maximum absolute atomic E-state index is 4.88. The van der Waals surface area contributed by atoms with E-state index >= 15 is 0 Å². The quantitative estimate of drug-likeness (QED) is 0.792. The molecule has 106 valence electrons. The first-order valence-electron chi connectivity index (χ1n) is 7.77. The molecule has 0 radical (unpaired) electrons. The van der Waals surface area contributed by atoms with Crippen LogP contribution in [0.15, 0.2) is 0 Å². The standard InChI is InChI=1S/C15H25N3S/c1-3-13-14(9-16-12-7-8-12)19-15(17-13)18(4-2)10-11-5-6-11/h11-12,16H,3-10H2,1-2H3. The third kappa shape index (κ3) is 3.48. The van der Waals surface area contributed by atoms with Crippen LogP contribution in [0.4, 0.5) is 5.13 Å². The third-order valence-electron chi connectivity index (χ3n) is 4.06. The van der Waals surface area contributed by atoms with Gasteiger partial charge in [-0.15, -0.1) is 11.3 Å². The Morgan fingerprint density at radius 2 is 2.05 bits per heavy atom. The monoisotopic (exact) mass is 279 g/mol. The fraction of sp³-hybridized carbons (Fsp3) is 0.800. The van der Waals surface area contributed by atoms with Gasteiger partial charge in [-0.05, 0) is 44.9 Å². The average molecular weight is 279 g/mol. The zero-order valence-electron chi connectivity index (χ0n) is 12.1. The van der Waals surface area contributed by atoms with Crippen LogP contribution >= 0.6 is 11.3 Å². The Labute approximate surface area is 120 Å². The molecule has 4 heteroatoms. The molecule has 0 aliphatic heterocycles. The van der Waals surface area contributed by atoms with Crippen molar-refractivity contribution in [3.05, 3.63) is 10.6 Å². The van der Waals surface area contributed by atoms with E-state index in [4.69, 9.17) is 4.98 Å². The minimum Gasteiger partial charge on any atom is -0.348 e. The molecule has 1 N–H and O–H groups in total. The summed E-state index contributed by atoms with van der Waals surface area (Å²) in [6.07, 6.45) is 6.60. The highest BCUT2D eigenvalue weighted by atomic mass is 32.1. The molecule has 2 aliphatic carbocycles. The van der Waals surface area contributed by atoms with E-state index in [1.54, 1.807) is 0 Å². The van der Waals surface area contributed by atoms with Crippen molar-refractivity contribution in [2.75, 3.05) is 18.0 Å². The Morgan fingerprint density at radius 1 is 1.26 bits per heavy atom. The molecule has 0 unspecified atom stereocenters. The molecule has 0 amide bonds. The fourth-order valence-electron chi connectivity index (χ4n) is 2.40. The fourth-order valence-corrected chi connectivity index (χ4v) is 3.57. The minimum atomic E-state index is 0.781. The van der Waals surface area contributed by atoms with Crippen LogP contribution in [0.25, 0.3) is 0 Å². The topological polar surface area (TPSA) is 28.2 Å². The maximum Gasteiger partial charge on any atom is 0.185 e. The van der Waals surface area contributed by atoms with E-state index in [1.165, 1.54) is 47.9 Å². The second-order valence-corrected chi connectivity index (χ2v) is 6.92. The number of hydrogen-bond acceptors (Lipinski definition) is 4. The Hall–Kier alpha value is -0.610. The van der Waals surface area contributed by atoms with Crippen molar-refractivity contribution in [1.29, 1.82) is 0 Å². The summed E-state index contributed by atoms with van der Waals surface area (Å²) in [6.45, 7) is 7.78. The highest BCUT2D eigenvalue weighted by molar-refractivity contribution is 7.15. The number of aryl methyl sites for hydroxylation is 1. The van der Waals surface area contributed by atoms with Gasteiger partial charge in [0.2, 0.25) is 0 Å². The normalized spacial score (nSPS) is 18.8. The van der Waals surface area contributed by atoms with Crippen LogP contribution < -0.4 is 10.2 Å². The number of rotatable bonds is 8. The summed E-state index contributed by atoms with van der Waals surface area (Å²) in [6, 6.07) is 0.781. The number of anilines is 1. The average Bonchev–Trinajstić information content (AvgIpc) is 3.34. The van der Waals surface area contributed by atoms with E-state index in [0.717, 1.165) is 31.5 Å². The van der Waals surface area contributed by atoms with Crippen LogP contribution in [-0.2, 0) is 13.0 Å². The molecular formula is C15H25N3S. The van der Waals surface area contributed by atoms with Gasteiger partial charge in [-0.2, -0.15) is 0 Å². The molecule has 0 atom stereocenters. The van der Waals surface area contributed by atoms with Gasteiger partial charge in [0.1, 0.15) is 0 Å². The van der Waals surface area contributed by atoms with E-state index in [-0.39, 0.29) is 0 Å². The first-order valence-corrected chi connectivity index (χ1v) is 8.58. The van der Waals surface area contributed by atoms with Crippen LogP contribution in [-0.4, -0.2) is 24.1 Å². The molecule has 1 aromatic rings. The maximum atomic E-state index is 4.88. The number of hydrogen-bond donors (Lipinski definition) is 1. The Kier molecular flexibility index (Phi) is 4.08. The van der Waals surface area contributed by atoms with Crippen LogP contribution in [0.5, 0.6) is 0 Å². The number of thiazole rings is 1. The highest BCUT2D eigenvalue weighted by Gasteiger charge is 2.26. The minimum absolute atomic E-state index is 0.781. The van der Waals surface area contributed by atoms with Crippen molar-refractivity contribution in [2.24, 2.45) is 5.92 Å². The molecule has 3 rings (SSSR count). The molecule has 0 bridgehead atoms. The second-order valence-electron chi connectivity index (χ2n) is 5.86. The smallest absolute Gasteiger partial charge is 0.185 e. The lowest BCUT2D eigenvalue weighted by Gasteiger charge is -2.19. The predicted octanol–water partition coefficient (Wildman–Crippen LogP) is 3.19. The summed E-state index contributed by atoms with van der Waals surface area (Å²) in [5.41, 5.74) is 1.31.